The predicted octanol–water partition coefficient (Wildman–Crippen LogP) is 3.64. The van der Waals surface area contributed by atoms with E-state index in [9.17, 15) is 24.8 Å². The summed E-state index contributed by atoms with van der Waals surface area (Å²) in [5, 5.41) is 24.9. The van der Waals surface area contributed by atoms with Gasteiger partial charge in [-0.2, -0.15) is 5.26 Å². The van der Waals surface area contributed by atoms with Crippen molar-refractivity contribution in [1.82, 2.24) is 15.5 Å². The van der Waals surface area contributed by atoms with Gasteiger partial charge in [0.1, 0.15) is 30.0 Å². The van der Waals surface area contributed by atoms with E-state index in [0.717, 1.165) is 17.7 Å². The molecule has 0 aliphatic carbocycles. The van der Waals surface area contributed by atoms with Gasteiger partial charge in [0.25, 0.3) is 0 Å². The van der Waals surface area contributed by atoms with Crippen molar-refractivity contribution in [2.45, 2.75) is 78.5 Å². The fraction of sp³-hybridized carbons (Fsp3) is 0.600. The van der Waals surface area contributed by atoms with E-state index >= 15 is 0 Å². The van der Waals surface area contributed by atoms with E-state index in [1.165, 1.54) is 12.1 Å². The highest BCUT2D eigenvalue weighted by molar-refractivity contribution is 5.92. The minimum Gasteiger partial charge on any atom is -0.508 e. The summed E-state index contributed by atoms with van der Waals surface area (Å²) in [5.41, 5.74) is -0.399. The molecule has 0 aliphatic heterocycles. The number of nitrogens with zero attached hydrogens (tertiary/aromatic N) is 2. The van der Waals surface area contributed by atoms with Crippen LogP contribution in [0.25, 0.3) is 0 Å². The fourth-order valence-electron chi connectivity index (χ4n) is 3.37. The zero-order valence-corrected chi connectivity index (χ0v) is 21.1. The van der Waals surface area contributed by atoms with Gasteiger partial charge in [0.05, 0.1) is 6.07 Å². The maximum Gasteiger partial charge on any atom is 0.408 e. The first-order valence-electron chi connectivity index (χ1n) is 11.6. The first kappa shape index (κ1) is 28.8. The summed E-state index contributed by atoms with van der Waals surface area (Å²) in [7, 11) is 0. The van der Waals surface area contributed by atoms with Crippen LogP contribution in [0.15, 0.2) is 24.3 Å². The third-order valence-electron chi connectivity index (χ3n) is 4.80. The average molecular weight is 475 g/mol. The number of benzene rings is 1. The van der Waals surface area contributed by atoms with Gasteiger partial charge in [-0.15, -0.1) is 0 Å². The Hall–Kier alpha value is -3.28. The summed E-state index contributed by atoms with van der Waals surface area (Å²) in [6.45, 7) is 11.0. The van der Waals surface area contributed by atoms with Crippen LogP contribution in [0, 0.1) is 17.2 Å². The second-order valence-electron chi connectivity index (χ2n) is 9.59. The number of hydrogen-bond acceptors (Lipinski definition) is 6. The standard InChI is InChI=1S/C25H38N4O5/c1-7-8-13-27-22(31)21(18-10-9-11-19(30)16-18)29(14-12-26)23(32)20(15-17(2)3)28-24(33)34-25(4,5)6/h9-11,16-17,20-21,30H,7-8,13-15H2,1-6H3,(H,27,31)(H,28,33). The Labute approximate surface area is 202 Å². The number of unbranched alkanes of at least 4 members (excludes halogenated alkanes) is 1. The van der Waals surface area contributed by atoms with Gasteiger partial charge < -0.3 is 25.4 Å². The van der Waals surface area contributed by atoms with Gasteiger partial charge in [-0.05, 0) is 57.2 Å². The molecule has 1 rings (SSSR count). The third kappa shape index (κ3) is 9.69. The quantitative estimate of drug-likeness (QED) is 0.331. The SMILES string of the molecule is CCCCNC(=O)C(c1cccc(O)c1)N(CC#N)C(=O)C(CC(C)C)NC(=O)OC(C)(C)C. The molecule has 9 nitrogen and oxygen atoms in total. The van der Waals surface area contributed by atoms with Crippen LogP contribution >= 0.6 is 0 Å². The highest BCUT2D eigenvalue weighted by Gasteiger charge is 2.36. The number of hydrogen-bond donors (Lipinski definition) is 3. The Bertz CT molecular complexity index is 873. The molecular formula is C25H38N4O5. The molecule has 2 unspecified atom stereocenters. The van der Waals surface area contributed by atoms with Crippen LogP contribution in [0.2, 0.25) is 0 Å². The van der Waals surface area contributed by atoms with Crippen LogP contribution in [0.3, 0.4) is 0 Å². The van der Waals surface area contributed by atoms with Gasteiger partial charge >= 0.3 is 6.09 Å². The number of alkyl carbamates (subject to hydrolysis) is 1. The summed E-state index contributed by atoms with van der Waals surface area (Å²) in [6, 6.07) is 5.81. The van der Waals surface area contributed by atoms with Gasteiger partial charge in [-0.25, -0.2) is 4.79 Å². The average Bonchev–Trinajstić information content (AvgIpc) is 2.71. The van der Waals surface area contributed by atoms with Crippen molar-refractivity contribution in [2.24, 2.45) is 5.92 Å². The molecule has 0 aliphatic rings. The van der Waals surface area contributed by atoms with Crippen LogP contribution in [0.4, 0.5) is 4.79 Å². The molecule has 9 heteroatoms. The molecule has 0 bridgehead atoms. The summed E-state index contributed by atoms with van der Waals surface area (Å²) < 4.78 is 5.32. The first-order chi connectivity index (χ1) is 15.9. The van der Waals surface area contributed by atoms with Crippen LogP contribution in [-0.4, -0.2) is 52.6 Å². The Balaban J connectivity index is 3.38. The molecule has 0 spiro atoms. The van der Waals surface area contributed by atoms with Crippen LogP contribution in [-0.2, 0) is 14.3 Å². The smallest absolute Gasteiger partial charge is 0.408 e. The number of phenols is 1. The molecule has 1 aromatic rings. The van der Waals surface area contributed by atoms with Crippen LogP contribution < -0.4 is 10.6 Å². The first-order valence-corrected chi connectivity index (χ1v) is 11.6. The lowest BCUT2D eigenvalue weighted by Gasteiger charge is -2.33. The Morgan fingerprint density at radius 3 is 2.44 bits per heavy atom. The molecule has 0 fully saturated rings. The summed E-state index contributed by atoms with van der Waals surface area (Å²) >= 11 is 0. The summed E-state index contributed by atoms with van der Waals surface area (Å²) in [5.74, 6) is -1.09. The molecule has 34 heavy (non-hydrogen) atoms. The zero-order chi connectivity index (χ0) is 25.9. The van der Waals surface area contributed by atoms with Crippen molar-refractivity contribution in [3.05, 3.63) is 29.8 Å². The summed E-state index contributed by atoms with van der Waals surface area (Å²) in [4.78, 5) is 40.4. The number of nitriles is 1. The second-order valence-corrected chi connectivity index (χ2v) is 9.59. The molecule has 2 atom stereocenters. The molecular weight excluding hydrogens is 436 g/mol. The van der Waals surface area contributed by atoms with Gasteiger partial charge in [0, 0.05) is 6.54 Å². The molecule has 188 valence electrons. The number of amides is 3. The lowest BCUT2D eigenvalue weighted by molar-refractivity contribution is -0.142. The second kappa shape index (κ2) is 13.4. The van der Waals surface area contributed by atoms with Crippen molar-refractivity contribution >= 4 is 17.9 Å². The van der Waals surface area contributed by atoms with Crippen molar-refractivity contribution < 1.29 is 24.2 Å². The van der Waals surface area contributed by atoms with Crippen molar-refractivity contribution in [2.75, 3.05) is 13.1 Å². The maximum absolute atomic E-state index is 13.7. The largest absolute Gasteiger partial charge is 0.508 e. The minimum atomic E-state index is -1.16. The molecule has 3 N–H and O–H groups in total. The molecule has 3 amide bonds. The molecule has 0 heterocycles. The van der Waals surface area contributed by atoms with Crippen molar-refractivity contribution in [3.8, 4) is 11.8 Å². The highest BCUT2D eigenvalue weighted by Crippen LogP contribution is 2.26. The molecule has 0 saturated heterocycles. The van der Waals surface area contributed by atoms with Crippen molar-refractivity contribution in [3.63, 3.8) is 0 Å². The molecule has 1 aromatic carbocycles. The van der Waals surface area contributed by atoms with E-state index in [1.54, 1.807) is 32.9 Å². The monoisotopic (exact) mass is 474 g/mol. The molecule has 0 radical (unpaired) electrons. The lowest BCUT2D eigenvalue weighted by Crippen LogP contribution is -2.53. The van der Waals surface area contributed by atoms with Crippen molar-refractivity contribution in [1.29, 1.82) is 5.26 Å². The predicted molar refractivity (Wildman–Crippen MR) is 129 cm³/mol. The number of phenolic OH excluding ortho intramolecular Hbond substituents is 1. The lowest BCUT2D eigenvalue weighted by atomic mass is 9.99. The van der Waals surface area contributed by atoms with Crippen LogP contribution in [0.5, 0.6) is 5.75 Å². The number of aromatic hydroxyl groups is 1. The van der Waals surface area contributed by atoms with E-state index in [-0.39, 0.29) is 24.6 Å². The number of rotatable bonds is 11. The number of carbonyl (C=O) groups is 3. The van der Waals surface area contributed by atoms with E-state index in [0.29, 0.717) is 12.1 Å². The van der Waals surface area contributed by atoms with E-state index < -0.39 is 35.6 Å². The third-order valence-corrected chi connectivity index (χ3v) is 4.80. The van der Waals surface area contributed by atoms with E-state index in [1.807, 2.05) is 26.8 Å². The highest BCUT2D eigenvalue weighted by atomic mass is 16.6. The Morgan fingerprint density at radius 1 is 1.24 bits per heavy atom. The van der Waals surface area contributed by atoms with Gasteiger partial charge in [-0.3, -0.25) is 9.59 Å². The summed E-state index contributed by atoms with van der Waals surface area (Å²) in [6.07, 6.45) is 1.14. The fourth-order valence-corrected chi connectivity index (χ4v) is 3.37. The topological polar surface area (TPSA) is 132 Å². The molecule has 0 aromatic heterocycles. The Kier molecular flexibility index (Phi) is 11.4. The molecule has 0 saturated carbocycles. The zero-order valence-electron chi connectivity index (χ0n) is 21.1. The van der Waals surface area contributed by atoms with E-state index in [4.69, 9.17) is 4.74 Å². The number of nitrogens with one attached hydrogen (secondary N) is 2. The number of ether oxygens (including phenoxy) is 1. The normalized spacial score (nSPS) is 12.9. The Morgan fingerprint density at radius 2 is 1.91 bits per heavy atom. The van der Waals surface area contributed by atoms with Gasteiger partial charge in [0.15, 0.2) is 0 Å². The number of carbonyl (C=O) groups excluding carboxylic acids is 3. The maximum atomic E-state index is 13.7. The van der Waals surface area contributed by atoms with Gasteiger partial charge in [-0.1, -0.05) is 39.3 Å². The van der Waals surface area contributed by atoms with E-state index in [2.05, 4.69) is 10.6 Å². The van der Waals surface area contributed by atoms with Gasteiger partial charge in [0.2, 0.25) is 11.8 Å². The minimum absolute atomic E-state index is 0.0328. The van der Waals surface area contributed by atoms with Crippen LogP contribution in [0.1, 0.15) is 72.4 Å².